The van der Waals surface area contributed by atoms with Crippen molar-refractivity contribution in [3.63, 3.8) is 0 Å². The van der Waals surface area contributed by atoms with Gasteiger partial charge in [-0.1, -0.05) is 30.3 Å². The molecule has 3 atom stereocenters. The SMILES string of the molecule is O=C(N1CC2CC2C1)N1OC1c1ccccc1. The summed E-state index contributed by atoms with van der Waals surface area (Å²) in [5, 5.41) is 1.49. The number of hydroxylamine groups is 2. The van der Waals surface area contributed by atoms with Crippen LogP contribution in [-0.4, -0.2) is 29.1 Å². The number of piperidine rings is 1. The Morgan fingerprint density at radius 2 is 1.88 bits per heavy atom. The minimum atomic E-state index is -0.166. The third-order valence-corrected chi connectivity index (χ3v) is 3.90. The van der Waals surface area contributed by atoms with Gasteiger partial charge in [0.05, 0.1) is 0 Å². The minimum absolute atomic E-state index is 0.0334. The molecule has 88 valence electrons. The van der Waals surface area contributed by atoms with E-state index in [2.05, 4.69) is 0 Å². The number of benzene rings is 1. The van der Waals surface area contributed by atoms with Gasteiger partial charge in [-0.15, -0.1) is 0 Å². The molecular formula is C13H14N2O2. The predicted molar refractivity (Wildman–Crippen MR) is 60.7 cm³/mol. The van der Waals surface area contributed by atoms with E-state index in [1.807, 2.05) is 35.2 Å². The maximum Gasteiger partial charge on any atom is 0.346 e. The highest BCUT2D eigenvalue weighted by Crippen LogP contribution is 2.47. The van der Waals surface area contributed by atoms with E-state index in [-0.39, 0.29) is 12.3 Å². The number of hydrogen-bond donors (Lipinski definition) is 0. The van der Waals surface area contributed by atoms with Crippen molar-refractivity contribution in [2.75, 3.05) is 13.1 Å². The van der Waals surface area contributed by atoms with E-state index >= 15 is 0 Å². The van der Waals surface area contributed by atoms with Crippen molar-refractivity contribution >= 4 is 6.03 Å². The van der Waals surface area contributed by atoms with Crippen molar-refractivity contribution in [1.82, 2.24) is 9.96 Å². The summed E-state index contributed by atoms with van der Waals surface area (Å²) in [6.45, 7) is 1.84. The Bertz CT molecular complexity index is 452. The van der Waals surface area contributed by atoms with E-state index in [0.29, 0.717) is 0 Å². The Morgan fingerprint density at radius 1 is 1.18 bits per heavy atom. The third kappa shape index (κ3) is 1.52. The van der Waals surface area contributed by atoms with E-state index < -0.39 is 0 Å². The lowest BCUT2D eigenvalue weighted by Crippen LogP contribution is -2.34. The van der Waals surface area contributed by atoms with Crippen LogP contribution in [0.1, 0.15) is 18.2 Å². The lowest BCUT2D eigenvalue weighted by molar-refractivity contribution is 0.142. The summed E-state index contributed by atoms with van der Waals surface area (Å²) in [5.74, 6) is 1.54. The second kappa shape index (κ2) is 3.23. The van der Waals surface area contributed by atoms with E-state index in [9.17, 15) is 4.79 Å². The fourth-order valence-corrected chi connectivity index (χ4v) is 2.73. The van der Waals surface area contributed by atoms with Crippen LogP contribution in [-0.2, 0) is 4.84 Å². The summed E-state index contributed by atoms with van der Waals surface area (Å²) < 4.78 is 0. The lowest BCUT2D eigenvalue weighted by atomic mass is 10.2. The molecule has 0 bridgehead atoms. The fourth-order valence-electron chi connectivity index (χ4n) is 2.73. The monoisotopic (exact) mass is 230 g/mol. The van der Waals surface area contributed by atoms with Gasteiger partial charge in [-0.25, -0.2) is 9.63 Å². The van der Waals surface area contributed by atoms with Crippen molar-refractivity contribution in [2.45, 2.75) is 12.6 Å². The van der Waals surface area contributed by atoms with Gasteiger partial charge < -0.3 is 4.90 Å². The molecule has 4 nitrogen and oxygen atoms in total. The van der Waals surface area contributed by atoms with Crippen LogP contribution in [0.2, 0.25) is 0 Å². The average Bonchev–Trinajstić information content (AvgIpc) is 3.28. The molecule has 0 N–H and O–H groups in total. The van der Waals surface area contributed by atoms with Crippen molar-refractivity contribution in [3.8, 4) is 0 Å². The molecular weight excluding hydrogens is 216 g/mol. The van der Waals surface area contributed by atoms with Gasteiger partial charge in [0.25, 0.3) is 0 Å². The number of urea groups is 1. The zero-order valence-corrected chi connectivity index (χ0v) is 9.45. The highest BCUT2D eigenvalue weighted by molar-refractivity contribution is 5.75. The second-order valence-corrected chi connectivity index (χ2v) is 5.14. The standard InChI is InChI=1S/C13H14N2O2/c16-13(14-7-10-6-11(10)8-14)15-12(17-15)9-4-2-1-3-5-9/h1-5,10-12H,6-8H2. The van der Waals surface area contributed by atoms with Gasteiger partial charge in [0.15, 0.2) is 0 Å². The molecule has 3 unspecified atom stereocenters. The molecule has 3 fully saturated rings. The van der Waals surface area contributed by atoms with Crippen LogP contribution >= 0.6 is 0 Å². The molecule has 4 rings (SSSR count). The van der Waals surface area contributed by atoms with Gasteiger partial charge in [-0.3, -0.25) is 0 Å². The molecule has 1 saturated carbocycles. The fraction of sp³-hybridized carbons (Fsp3) is 0.462. The second-order valence-electron chi connectivity index (χ2n) is 5.14. The van der Waals surface area contributed by atoms with Gasteiger partial charge in [0, 0.05) is 18.7 Å². The Labute approximate surface area is 99.7 Å². The highest BCUT2D eigenvalue weighted by Gasteiger charge is 2.51. The molecule has 2 saturated heterocycles. The Hall–Kier alpha value is -1.55. The van der Waals surface area contributed by atoms with Crippen molar-refractivity contribution in [1.29, 1.82) is 0 Å². The predicted octanol–water partition coefficient (Wildman–Crippen LogP) is 2.00. The number of rotatable bonds is 1. The first kappa shape index (κ1) is 9.48. The minimum Gasteiger partial charge on any atom is -0.322 e. The number of fused-ring (bicyclic) bond motifs is 1. The van der Waals surface area contributed by atoms with Crippen LogP contribution in [0.3, 0.4) is 0 Å². The number of likely N-dealkylation sites (tertiary alicyclic amines) is 1. The maximum atomic E-state index is 12.1. The molecule has 1 aromatic rings. The molecule has 1 aromatic carbocycles. The molecule has 0 spiro atoms. The smallest absolute Gasteiger partial charge is 0.322 e. The van der Waals surface area contributed by atoms with Crippen LogP contribution in [0.4, 0.5) is 4.79 Å². The molecule has 0 aromatic heterocycles. The Kier molecular flexibility index (Phi) is 1.80. The van der Waals surface area contributed by atoms with Crippen LogP contribution in [0.5, 0.6) is 0 Å². The number of carbonyl (C=O) groups is 1. The van der Waals surface area contributed by atoms with Crippen molar-refractivity contribution in [3.05, 3.63) is 35.9 Å². The summed E-state index contributed by atoms with van der Waals surface area (Å²) in [6, 6.07) is 9.89. The molecule has 4 heteroatoms. The van der Waals surface area contributed by atoms with Gasteiger partial charge in [-0.05, 0) is 18.3 Å². The molecule has 1 aliphatic carbocycles. The molecule has 2 aliphatic heterocycles. The molecule has 2 heterocycles. The van der Waals surface area contributed by atoms with Gasteiger partial charge in [0.1, 0.15) is 0 Å². The van der Waals surface area contributed by atoms with Crippen molar-refractivity contribution in [2.24, 2.45) is 11.8 Å². The zero-order chi connectivity index (χ0) is 11.4. The lowest BCUT2D eigenvalue weighted by Gasteiger charge is -2.16. The van der Waals surface area contributed by atoms with Gasteiger partial charge in [-0.2, -0.15) is 5.06 Å². The van der Waals surface area contributed by atoms with Crippen LogP contribution in [0.15, 0.2) is 30.3 Å². The maximum absolute atomic E-state index is 12.1. The molecule has 17 heavy (non-hydrogen) atoms. The van der Waals surface area contributed by atoms with Gasteiger partial charge in [0.2, 0.25) is 6.23 Å². The summed E-state index contributed by atoms with van der Waals surface area (Å²) in [6.07, 6.45) is 1.15. The number of amides is 2. The molecule has 0 radical (unpaired) electrons. The van der Waals surface area contributed by atoms with Crippen molar-refractivity contribution < 1.29 is 9.63 Å². The number of carbonyl (C=O) groups excluding carboxylic acids is 1. The summed E-state index contributed by atoms with van der Waals surface area (Å²) in [4.78, 5) is 19.4. The number of hydrogen-bond acceptors (Lipinski definition) is 2. The van der Waals surface area contributed by atoms with E-state index in [4.69, 9.17) is 4.84 Å². The summed E-state index contributed by atoms with van der Waals surface area (Å²) in [5.41, 5.74) is 1.05. The first-order chi connectivity index (χ1) is 8.33. The summed E-state index contributed by atoms with van der Waals surface area (Å²) in [7, 11) is 0. The zero-order valence-electron chi connectivity index (χ0n) is 9.45. The topological polar surface area (TPSA) is 35.9 Å². The van der Waals surface area contributed by atoms with Crippen LogP contribution in [0, 0.1) is 11.8 Å². The quantitative estimate of drug-likeness (QED) is 0.692. The van der Waals surface area contributed by atoms with Crippen LogP contribution in [0.25, 0.3) is 0 Å². The summed E-state index contributed by atoms with van der Waals surface area (Å²) >= 11 is 0. The van der Waals surface area contributed by atoms with Gasteiger partial charge >= 0.3 is 6.03 Å². The Morgan fingerprint density at radius 3 is 2.59 bits per heavy atom. The molecule has 2 amide bonds. The third-order valence-electron chi connectivity index (χ3n) is 3.90. The normalized spacial score (nSPS) is 33.5. The Balaban J connectivity index is 1.43. The largest absolute Gasteiger partial charge is 0.346 e. The van der Waals surface area contributed by atoms with Crippen LogP contribution < -0.4 is 0 Å². The van der Waals surface area contributed by atoms with E-state index in [1.165, 1.54) is 11.5 Å². The molecule has 3 aliphatic rings. The van der Waals surface area contributed by atoms with E-state index in [0.717, 1.165) is 30.5 Å². The average molecular weight is 230 g/mol. The first-order valence-corrected chi connectivity index (χ1v) is 6.13. The van der Waals surface area contributed by atoms with E-state index in [1.54, 1.807) is 0 Å². The first-order valence-electron chi connectivity index (χ1n) is 6.13. The number of nitrogens with zero attached hydrogens (tertiary/aromatic N) is 2. The highest BCUT2D eigenvalue weighted by atomic mass is 16.8.